The van der Waals surface area contributed by atoms with Crippen molar-refractivity contribution in [2.45, 2.75) is 31.4 Å². The molecule has 2 aliphatic rings. The van der Waals surface area contributed by atoms with Crippen molar-refractivity contribution in [2.24, 2.45) is 0 Å². The molecule has 5 nitrogen and oxygen atoms in total. The molecular weight excluding hydrogens is 314 g/mol. The van der Waals surface area contributed by atoms with Gasteiger partial charge in [0.2, 0.25) is 0 Å². The lowest BCUT2D eigenvalue weighted by Crippen LogP contribution is -2.36. The predicted molar refractivity (Wildman–Crippen MR) is 99.1 cm³/mol. The number of hydrogen-bond acceptors (Lipinski definition) is 3. The highest BCUT2D eigenvalue weighted by molar-refractivity contribution is 5.90. The summed E-state index contributed by atoms with van der Waals surface area (Å²) < 4.78 is 0. The Morgan fingerprint density at radius 3 is 2.92 bits per heavy atom. The number of rotatable bonds is 2. The van der Waals surface area contributed by atoms with Crippen molar-refractivity contribution in [3.63, 3.8) is 0 Å². The largest absolute Gasteiger partial charge is 0.390 e. The summed E-state index contributed by atoms with van der Waals surface area (Å²) in [4.78, 5) is 14.7. The van der Waals surface area contributed by atoms with Gasteiger partial charge in [0.1, 0.15) is 0 Å². The van der Waals surface area contributed by atoms with Crippen LogP contribution in [0.2, 0.25) is 0 Å². The Morgan fingerprint density at radius 2 is 2.04 bits per heavy atom. The number of nitrogens with zero attached hydrogens (tertiary/aromatic N) is 1. The molecule has 2 amide bonds. The van der Waals surface area contributed by atoms with E-state index in [1.165, 1.54) is 11.3 Å². The molecule has 1 heterocycles. The second-order valence-corrected chi connectivity index (χ2v) is 6.92. The first kappa shape index (κ1) is 16.0. The third-order valence-corrected chi connectivity index (χ3v) is 5.18. The number of amides is 2. The minimum absolute atomic E-state index is 0.287. The standard InChI is InChI=1S/C20H23N3O2/c1-23-10-4-6-14-11-15(8-9-17(14)23)21-20(25)22-19-16-7-3-2-5-13(16)12-18(19)24/h2-3,5,7-9,11,18-19,24H,4,6,10,12H2,1H3,(H2,21,22,25)/t18-,19-/m0/s1. The molecule has 0 fully saturated rings. The number of aliphatic hydroxyl groups excluding tert-OH is 1. The van der Waals surface area contributed by atoms with Gasteiger partial charge in [0.05, 0.1) is 12.1 Å². The molecule has 2 aromatic rings. The molecule has 1 aliphatic heterocycles. The second-order valence-electron chi connectivity index (χ2n) is 6.92. The molecule has 0 saturated heterocycles. The van der Waals surface area contributed by atoms with Crippen molar-refractivity contribution < 1.29 is 9.90 Å². The van der Waals surface area contributed by atoms with Crippen LogP contribution in [0.1, 0.15) is 29.2 Å². The molecule has 25 heavy (non-hydrogen) atoms. The summed E-state index contributed by atoms with van der Waals surface area (Å²) in [5.41, 5.74) is 5.37. The monoisotopic (exact) mass is 337 g/mol. The van der Waals surface area contributed by atoms with Gasteiger partial charge in [-0.1, -0.05) is 24.3 Å². The zero-order chi connectivity index (χ0) is 17.4. The van der Waals surface area contributed by atoms with Crippen molar-refractivity contribution in [1.82, 2.24) is 5.32 Å². The van der Waals surface area contributed by atoms with E-state index < -0.39 is 6.10 Å². The van der Waals surface area contributed by atoms with Crippen LogP contribution < -0.4 is 15.5 Å². The number of anilines is 2. The minimum Gasteiger partial charge on any atom is -0.390 e. The molecule has 5 heteroatoms. The molecule has 2 aromatic carbocycles. The van der Waals surface area contributed by atoms with Crippen molar-refractivity contribution in [2.75, 3.05) is 23.8 Å². The molecule has 0 saturated carbocycles. The molecule has 0 unspecified atom stereocenters. The number of aliphatic hydroxyl groups is 1. The highest BCUT2D eigenvalue weighted by Crippen LogP contribution is 2.32. The topological polar surface area (TPSA) is 64.6 Å². The van der Waals surface area contributed by atoms with Gasteiger partial charge in [-0.15, -0.1) is 0 Å². The molecule has 1 aliphatic carbocycles. The summed E-state index contributed by atoms with van der Waals surface area (Å²) >= 11 is 0. The summed E-state index contributed by atoms with van der Waals surface area (Å²) in [5, 5.41) is 16.1. The van der Waals surface area contributed by atoms with Crippen LogP contribution in [0.3, 0.4) is 0 Å². The Labute approximate surface area is 147 Å². The maximum Gasteiger partial charge on any atom is 0.319 e. The van der Waals surface area contributed by atoms with E-state index in [1.54, 1.807) is 0 Å². The van der Waals surface area contributed by atoms with Crippen LogP contribution in [0.4, 0.5) is 16.2 Å². The summed E-state index contributed by atoms with van der Waals surface area (Å²) in [5.74, 6) is 0. The fraction of sp³-hybridized carbons (Fsp3) is 0.350. The van der Waals surface area contributed by atoms with Crippen molar-refractivity contribution in [1.29, 1.82) is 0 Å². The van der Waals surface area contributed by atoms with Crippen LogP contribution in [0, 0.1) is 0 Å². The SMILES string of the molecule is CN1CCCc2cc(NC(=O)N[C@H]3c4ccccc4C[C@@H]3O)ccc21. The highest BCUT2D eigenvalue weighted by Gasteiger charge is 2.31. The lowest BCUT2D eigenvalue weighted by molar-refractivity contribution is 0.144. The van der Waals surface area contributed by atoms with E-state index in [-0.39, 0.29) is 12.1 Å². The number of carbonyl (C=O) groups excluding carboxylic acids is 1. The summed E-state index contributed by atoms with van der Waals surface area (Å²) in [6, 6.07) is 13.2. The number of fused-ring (bicyclic) bond motifs is 2. The van der Waals surface area contributed by atoms with Gasteiger partial charge >= 0.3 is 6.03 Å². The molecular formula is C20H23N3O2. The van der Waals surface area contributed by atoms with Crippen LogP contribution in [0.25, 0.3) is 0 Å². The number of urea groups is 1. The fourth-order valence-corrected chi connectivity index (χ4v) is 3.92. The third-order valence-electron chi connectivity index (χ3n) is 5.18. The van der Waals surface area contributed by atoms with Crippen LogP contribution in [0.15, 0.2) is 42.5 Å². The van der Waals surface area contributed by atoms with Gasteiger partial charge in [-0.05, 0) is 47.7 Å². The molecule has 0 spiro atoms. The lowest BCUT2D eigenvalue weighted by atomic mass is 10.0. The fourth-order valence-electron chi connectivity index (χ4n) is 3.92. The molecule has 2 atom stereocenters. The van der Waals surface area contributed by atoms with Crippen molar-refractivity contribution >= 4 is 17.4 Å². The van der Waals surface area contributed by atoms with Gasteiger partial charge in [0, 0.05) is 31.4 Å². The number of benzene rings is 2. The van der Waals surface area contributed by atoms with E-state index in [2.05, 4.69) is 28.6 Å². The molecule has 130 valence electrons. The Kier molecular flexibility index (Phi) is 4.09. The van der Waals surface area contributed by atoms with Gasteiger partial charge in [-0.25, -0.2) is 4.79 Å². The zero-order valence-electron chi connectivity index (χ0n) is 14.3. The summed E-state index contributed by atoms with van der Waals surface area (Å²) in [7, 11) is 2.09. The van der Waals surface area contributed by atoms with Crippen LogP contribution in [-0.4, -0.2) is 30.8 Å². The third kappa shape index (κ3) is 3.07. The minimum atomic E-state index is -0.583. The Bertz CT molecular complexity index is 805. The maximum atomic E-state index is 12.4. The van der Waals surface area contributed by atoms with Gasteiger partial charge in [0.25, 0.3) is 0 Å². The van der Waals surface area contributed by atoms with E-state index >= 15 is 0 Å². The Hall–Kier alpha value is -2.53. The quantitative estimate of drug-likeness (QED) is 0.789. The first-order chi connectivity index (χ1) is 12.1. The van der Waals surface area contributed by atoms with E-state index in [9.17, 15) is 9.90 Å². The van der Waals surface area contributed by atoms with E-state index in [0.717, 1.165) is 36.2 Å². The second kappa shape index (κ2) is 6.41. The van der Waals surface area contributed by atoms with Gasteiger partial charge < -0.3 is 20.6 Å². The molecule has 3 N–H and O–H groups in total. The number of aryl methyl sites for hydroxylation is 1. The van der Waals surface area contributed by atoms with Crippen LogP contribution in [0.5, 0.6) is 0 Å². The Morgan fingerprint density at radius 1 is 1.20 bits per heavy atom. The molecule has 0 bridgehead atoms. The number of nitrogens with one attached hydrogen (secondary N) is 2. The van der Waals surface area contributed by atoms with Gasteiger partial charge in [-0.2, -0.15) is 0 Å². The van der Waals surface area contributed by atoms with Crippen molar-refractivity contribution in [3.8, 4) is 0 Å². The number of hydrogen-bond donors (Lipinski definition) is 3. The average Bonchev–Trinajstić information content (AvgIpc) is 2.91. The highest BCUT2D eigenvalue weighted by atomic mass is 16.3. The normalized spacial score (nSPS) is 21.4. The Balaban J connectivity index is 1.46. The van der Waals surface area contributed by atoms with E-state index in [4.69, 9.17) is 0 Å². The number of carbonyl (C=O) groups is 1. The van der Waals surface area contributed by atoms with Gasteiger partial charge in [0.15, 0.2) is 0 Å². The van der Waals surface area contributed by atoms with Crippen LogP contribution in [-0.2, 0) is 12.8 Å². The summed E-state index contributed by atoms with van der Waals surface area (Å²) in [6.07, 6.45) is 2.16. The van der Waals surface area contributed by atoms with Crippen LogP contribution >= 0.6 is 0 Å². The lowest BCUT2D eigenvalue weighted by Gasteiger charge is -2.28. The molecule has 0 aromatic heterocycles. The first-order valence-electron chi connectivity index (χ1n) is 8.79. The summed E-state index contributed by atoms with van der Waals surface area (Å²) in [6.45, 7) is 1.07. The van der Waals surface area contributed by atoms with E-state index in [1.807, 2.05) is 36.4 Å². The van der Waals surface area contributed by atoms with Gasteiger partial charge in [-0.3, -0.25) is 0 Å². The zero-order valence-corrected chi connectivity index (χ0v) is 14.3. The van der Waals surface area contributed by atoms with E-state index in [0.29, 0.717) is 6.42 Å². The maximum absolute atomic E-state index is 12.4. The molecule has 4 rings (SSSR count). The predicted octanol–water partition coefficient (Wildman–Crippen LogP) is 2.85. The molecule has 0 radical (unpaired) electrons. The average molecular weight is 337 g/mol. The smallest absolute Gasteiger partial charge is 0.319 e. The van der Waals surface area contributed by atoms with Crippen molar-refractivity contribution in [3.05, 3.63) is 59.2 Å². The first-order valence-corrected chi connectivity index (χ1v) is 8.79.